The Morgan fingerprint density at radius 1 is 1.12 bits per heavy atom. The lowest BCUT2D eigenvalue weighted by molar-refractivity contribution is -0.124. The predicted molar refractivity (Wildman–Crippen MR) is 58.7 cm³/mol. The molecule has 96 valence electrons. The summed E-state index contributed by atoms with van der Waals surface area (Å²) in [5.74, 6) is 0. The van der Waals surface area contributed by atoms with Crippen molar-refractivity contribution in [2.75, 3.05) is 13.2 Å². The third kappa shape index (κ3) is 3.13. The minimum absolute atomic E-state index is 0.281. The molecule has 0 amide bonds. The Kier molecular flexibility index (Phi) is 5.60. The van der Waals surface area contributed by atoms with E-state index in [1.54, 1.807) is 0 Å². The molecule has 1 saturated heterocycles. The monoisotopic (exact) mass is 234 g/mol. The van der Waals surface area contributed by atoms with Crippen molar-refractivity contribution in [3.05, 3.63) is 0 Å². The topological polar surface area (TPSA) is 105 Å². The van der Waals surface area contributed by atoms with Crippen LogP contribution in [0.4, 0.5) is 0 Å². The van der Waals surface area contributed by atoms with E-state index in [0.29, 0.717) is 6.54 Å². The Labute approximate surface area is 95.3 Å². The first-order valence-corrected chi connectivity index (χ1v) is 5.76. The van der Waals surface area contributed by atoms with Crippen molar-refractivity contribution in [3.63, 3.8) is 0 Å². The summed E-state index contributed by atoms with van der Waals surface area (Å²) >= 11 is 0. The molecule has 0 aromatic carbocycles. The molecule has 6 N–H and O–H groups in total. The molecule has 0 aromatic rings. The fourth-order valence-electron chi connectivity index (χ4n) is 1.84. The summed E-state index contributed by atoms with van der Waals surface area (Å²) < 4.78 is 0. The van der Waals surface area contributed by atoms with E-state index in [0.717, 1.165) is 12.8 Å². The molecule has 6 nitrogen and oxygen atoms in total. The second-order valence-corrected chi connectivity index (χ2v) is 4.21. The second kappa shape index (κ2) is 6.48. The standard InChI is InChI=1S/C10H22N2O4/c1-2-3-4-11-10-9(16)8(15)7(14)6(5-13)12-10/h6-16H,2-5H2,1H3/t6-,7-,8+,9-,10?/m1/s1. The van der Waals surface area contributed by atoms with Crippen LogP contribution < -0.4 is 10.6 Å². The molecule has 0 saturated carbocycles. The first kappa shape index (κ1) is 13.8. The number of nitrogens with one attached hydrogen (secondary N) is 2. The van der Waals surface area contributed by atoms with Crippen LogP contribution in [-0.4, -0.2) is 64.1 Å². The number of rotatable bonds is 5. The Balaban J connectivity index is 2.50. The van der Waals surface area contributed by atoms with Crippen molar-refractivity contribution in [2.45, 2.75) is 50.3 Å². The highest BCUT2D eigenvalue weighted by Crippen LogP contribution is 2.14. The summed E-state index contributed by atoms with van der Waals surface area (Å²) in [6.45, 7) is 2.49. The highest BCUT2D eigenvalue weighted by Gasteiger charge is 2.41. The lowest BCUT2D eigenvalue weighted by Gasteiger charge is -2.41. The second-order valence-electron chi connectivity index (χ2n) is 4.21. The highest BCUT2D eigenvalue weighted by atomic mass is 16.4. The van der Waals surface area contributed by atoms with Crippen LogP contribution in [0.15, 0.2) is 0 Å². The molecule has 0 aliphatic carbocycles. The van der Waals surface area contributed by atoms with Gasteiger partial charge >= 0.3 is 0 Å². The Morgan fingerprint density at radius 2 is 1.81 bits per heavy atom. The normalized spacial score (nSPS) is 39.9. The fraction of sp³-hybridized carbons (Fsp3) is 1.00. The molecule has 16 heavy (non-hydrogen) atoms. The van der Waals surface area contributed by atoms with E-state index in [1.807, 2.05) is 0 Å². The number of aliphatic hydroxyl groups excluding tert-OH is 4. The zero-order valence-corrected chi connectivity index (χ0v) is 9.50. The van der Waals surface area contributed by atoms with Gasteiger partial charge in [0.2, 0.25) is 0 Å². The summed E-state index contributed by atoms with van der Waals surface area (Å²) in [7, 11) is 0. The third-order valence-corrected chi connectivity index (χ3v) is 2.94. The smallest absolute Gasteiger partial charge is 0.111 e. The Hall–Kier alpha value is -0.240. The van der Waals surface area contributed by atoms with Crippen LogP contribution in [0.1, 0.15) is 19.8 Å². The van der Waals surface area contributed by atoms with Gasteiger partial charge < -0.3 is 20.4 Å². The van der Waals surface area contributed by atoms with Crippen LogP contribution in [0.3, 0.4) is 0 Å². The van der Waals surface area contributed by atoms with Gasteiger partial charge in [-0.25, -0.2) is 0 Å². The zero-order chi connectivity index (χ0) is 12.1. The van der Waals surface area contributed by atoms with E-state index in [2.05, 4.69) is 17.6 Å². The molecular weight excluding hydrogens is 212 g/mol. The van der Waals surface area contributed by atoms with Crippen LogP contribution in [0.5, 0.6) is 0 Å². The molecule has 1 fully saturated rings. The summed E-state index contributed by atoms with van der Waals surface area (Å²) in [5.41, 5.74) is 0. The minimum atomic E-state index is -1.24. The Bertz CT molecular complexity index is 203. The largest absolute Gasteiger partial charge is 0.395 e. The van der Waals surface area contributed by atoms with Gasteiger partial charge in [0.25, 0.3) is 0 Å². The average molecular weight is 234 g/mol. The molecule has 6 heteroatoms. The Morgan fingerprint density at radius 3 is 2.38 bits per heavy atom. The van der Waals surface area contributed by atoms with Gasteiger partial charge in [0.15, 0.2) is 0 Å². The van der Waals surface area contributed by atoms with E-state index in [4.69, 9.17) is 5.11 Å². The molecule has 5 atom stereocenters. The lowest BCUT2D eigenvalue weighted by Crippen LogP contribution is -2.69. The van der Waals surface area contributed by atoms with Gasteiger partial charge in [-0.15, -0.1) is 0 Å². The summed E-state index contributed by atoms with van der Waals surface area (Å²) in [6.07, 6.45) is -1.96. The van der Waals surface area contributed by atoms with Gasteiger partial charge in [-0.3, -0.25) is 10.6 Å². The molecule has 1 rings (SSSR count). The maximum atomic E-state index is 9.70. The molecule has 0 radical (unpaired) electrons. The maximum absolute atomic E-state index is 9.70. The molecule has 1 unspecified atom stereocenters. The van der Waals surface area contributed by atoms with Crippen molar-refractivity contribution >= 4 is 0 Å². The third-order valence-electron chi connectivity index (χ3n) is 2.94. The highest BCUT2D eigenvalue weighted by molar-refractivity contribution is 4.96. The number of unbranched alkanes of at least 4 members (excludes halogenated alkanes) is 1. The van der Waals surface area contributed by atoms with Gasteiger partial charge in [-0.2, -0.15) is 0 Å². The van der Waals surface area contributed by atoms with Crippen molar-refractivity contribution in [2.24, 2.45) is 0 Å². The van der Waals surface area contributed by atoms with E-state index >= 15 is 0 Å². The lowest BCUT2D eigenvalue weighted by atomic mass is 9.94. The number of aliphatic hydroxyl groups is 4. The van der Waals surface area contributed by atoms with E-state index in [9.17, 15) is 15.3 Å². The average Bonchev–Trinajstić information content (AvgIpc) is 2.29. The van der Waals surface area contributed by atoms with Gasteiger partial charge in [0, 0.05) is 0 Å². The van der Waals surface area contributed by atoms with Crippen LogP contribution in [0.25, 0.3) is 0 Å². The molecule has 0 spiro atoms. The predicted octanol–water partition coefficient (Wildman–Crippen LogP) is -2.25. The van der Waals surface area contributed by atoms with E-state index in [-0.39, 0.29) is 6.61 Å². The summed E-state index contributed by atoms with van der Waals surface area (Å²) in [6, 6.07) is -0.613. The van der Waals surface area contributed by atoms with Gasteiger partial charge in [-0.1, -0.05) is 13.3 Å². The quantitative estimate of drug-likeness (QED) is 0.300. The van der Waals surface area contributed by atoms with Crippen LogP contribution in [0.2, 0.25) is 0 Å². The van der Waals surface area contributed by atoms with Crippen LogP contribution >= 0.6 is 0 Å². The van der Waals surface area contributed by atoms with Crippen molar-refractivity contribution in [1.29, 1.82) is 0 Å². The van der Waals surface area contributed by atoms with Gasteiger partial charge in [0.05, 0.1) is 18.8 Å². The van der Waals surface area contributed by atoms with Crippen molar-refractivity contribution in [1.82, 2.24) is 10.6 Å². The molecule has 1 aliphatic rings. The zero-order valence-electron chi connectivity index (χ0n) is 9.50. The van der Waals surface area contributed by atoms with Crippen LogP contribution in [-0.2, 0) is 0 Å². The summed E-state index contributed by atoms with van der Waals surface area (Å²) in [4.78, 5) is 0. The molecular formula is C10H22N2O4. The van der Waals surface area contributed by atoms with Crippen LogP contribution in [0, 0.1) is 0 Å². The summed E-state index contributed by atoms with van der Waals surface area (Å²) in [5, 5.41) is 43.8. The molecule has 0 aromatic heterocycles. The number of hydrogen-bond donors (Lipinski definition) is 6. The SMILES string of the molecule is CCCCNC1N[C@H](CO)[C@@H](O)[C@H](O)[C@H]1O. The number of piperidine rings is 1. The molecule has 1 heterocycles. The van der Waals surface area contributed by atoms with Crippen molar-refractivity contribution < 1.29 is 20.4 Å². The van der Waals surface area contributed by atoms with E-state index in [1.165, 1.54) is 0 Å². The number of hydrogen-bond acceptors (Lipinski definition) is 6. The first-order valence-electron chi connectivity index (χ1n) is 5.76. The first-order chi connectivity index (χ1) is 7.61. The maximum Gasteiger partial charge on any atom is 0.111 e. The van der Waals surface area contributed by atoms with E-state index < -0.39 is 30.5 Å². The molecule has 1 aliphatic heterocycles. The molecule has 0 bridgehead atoms. The van der Waals surface area contributed by atoms with Gasteiger partial charge in [0.1, 0.15) is 18.3 Å². The van der Waals surface area contributed by atoms with Gasteiger partial charge in [-0.05, 0) is 13.0 Å². The van der Waals surface area contributed by atoms with Crippen molar-refractivity contribution in [3.8, 4) is 0 Å². The minimum Gasteiger partial charge on any atom is -0.395 e. The fourth-order valence-corrected chi connectivity index (χ4v) is 1.84.